The van der Waals surface area contributed by atoms with Crippen LogP contribution in [-0.4, -0.2) is 14.7 Å². The fourth-order valence-electron chi connectivity index (χ4n) is 3.87. The minimum Gasteiger partial charge on any atom is -0.224 e. The summed E-state index contributed by atoms with van der Waals surface area (Å²) in [6, 6.07) is 12.2. The van der Waals surface area contributed by atoms with E-state index < -0.39 is 21.6 Å². The molecule has 2 aromatic carbocycles. The van der Waals surface area contributed by atoms with Crippen LogP contribution in [0.5, 0.6) is 0 Å². The molecule has 6 heteroatoms. The van der Waals surface area contributed by atoms with Crippen LogP contribution in [0.4, 0.5) is 13.2 Å². The summed E-state index contributed by atoms with van der Waals surface area (Å²) in [5, 5.41) is 0. The van der Waals surface area contributed by atoms with E-state index in [1.807, 2.05) is 0 Å². The van der Waals surface area contributed by atoms with Crippen molar-refractivity contribution in [2.45, 2.75) is 36.8 Å². The lowest BCUT2D eigenvalue weighted by molar-refractivity contribution is -0.137. The number of benzene rings is 2. The smallest absolute Gasteiger partial charge is 0.224 e. The van der Waals surface area contributed by atoms with Gasteiger partial charge in [0.15, 0.2) is 9.84 Å². The molecule has 1 spiro atoms. The molecule has 27 heavy (non-hydrogen) atoms. The molecule has 0 unspecified atom stereocenters. The van der Waals surface area contributed by atoms with Gasteiger partial charge in [0.05, 0.1) is 10.5 Å². The SMILES string of the molecule is CS(=O)(=O)c1ccc(C2=C(c3ccc(C(F)(F)F)cc3)CC3(CC3)C2)cc1. The highest BCUT2D eigenvalue weighted by molar-refractivity contribution is 7.90. The first-order valence-electron chi connectivity index (χ1n) is 8.78. The van der Waals surface area contributed by atoms with Crippen molar-refractivity contribution >= 4 is 21.0 Å². The van der Waals surface area contributed by atoms with Gasteiger partial charge in [-0.1, -0.05) is 24.3 Å². The van der Waals surface area contributed by atoms with E-state index in [1.165, 1.54) is 6.26 Å². The summed E-state index contributed by atoms with van der Waals surface area (Å²) in [7, 11) is -3.26. The van der Waals surface area contributed by atoms with Gasteiger partial charge >= 0.3 is 6.18 Å². The van der Waals surface area contributed by atoms with E-state index in [4.69, 9.17) is 0 Å². The van der Waals surface area contributed by atoms with Crippen LogP contribution >= 0.6 is 0 Å². The van der Waals surface area contributed by atoms with Crippen molar-refractivity contribution in [3.05, 3.63) is 65.2 Å². The molecule has 142 valence electrons. The van der Waals surface area contributed by atoms with Crippen LogP contribution in [-0.2, 0) is 16.0 Å². The van der Waals surface area contributed by atoms with E-state index in [9.17, 15) is 21.6 Å². The standard InChI is InChI=1S/C21H19F3O2S/c1-27(25,26)17-8-4-15(5-9-17)19-13-20(10-11-20)12-18(19)14-2-6-16(7-3-14)21(22,23)24/h2-9H,10-13H2,1H3. The van der Waals surface area contributed by atoms with Crippen molar-refractivity contribution in [2.24, 2.45) is 5.41 Å². The number of allylic oxidation sites excluding steroid dienone is 2. The maximum atomic E-state index is 12.8. The zero-order chi connectivity index (χ0) is 19.4. The van der Waals surface area contributed by atoms with Crippen molar-refractivity contribution in [3.8, 4) is 0 Å². The first-order chi connectivity index (χ1) is 12.6. The fourth-order valence-corrected chi connectivity index (χ4v) is 4.50. The molecule has 2 aliphatic carbocycles. The molecule has 4 rings (SSSR count). The summed E-state index contributed by atoms with van der Waals surface area (Å²) >= 11 is 0. The van der Waals surface area contributed by atoms with Gasteiger partial charge in [-0.05, 0) is 77.6 Å². The normalized spacial score (nSPS) is 19.0. The zero-order valence-corrected chi connectivity index (χ0v) is 15.6. The highest BCUT2D eigenvalue weighted by Crippen LogP contribution is 2.63. The minimum absolute atomic E-state index is 0.239. The van der Waals surface area contributed by atoms with Gasteiger partial charge in [0.2, 0.25) is 0 Å². The molecule has 0 amide bonds. The zero-order valence-electron chi connectivity index (χ0n) is 14.8. The summed E-state index contributed by atoms with van der Waals surface area (Å²) in [4.78, 5) is 0.266. The minimum atomic E-state index is -4.34. The third-order valence-electron chi connectivity index (χ3n) is 5.62. The van der Waals surface area contributed by atoms with E-state index in [2.05, 4.69) is 0 Å². The Hall–Kier alpha value is -2.08. The Morgan fingerprint density at radius 1 is 0.815 bits per heavy atom. The topological polar surface area (TPSA) is 34.1 Å². The lowest BCUT2D eigenvalue weighted by Gasteiger charge is -2.11. The maximum absolute atomic E-state index is 12.8. The molecule has 0 radical (unpaired) electrons. The molecule has 0 atom stereocenters. The third kappa shape index (κ3) is 3.55. The van der Waals surface area contributed by atoms with Gasteiger partial charge in [0, 0.05) is 6.26 Å². The molecule has 0 aliphatic heterocycles. The van der Waals surface area contributed by atoms with Gasteiger partial charge < -0.3 is 0 Å². The Labute approximate surface area is 156 Å². The van der Waals surface area contributed by atoms with Crippen molar-refractivity contribution in [1.82, 2.24) is 0 Å². The second-order valence-corrected chi connectivity index (χ2v) is 9.70. The number of alkyl halides is 3. The van der Waals surface area contributed by atoms with Gasteiger partial charge in [-0.15, -0.1) is 0 Å². The summed E-state index contributed by atoms with van der Waals surface area (Å²) in [5.74, 6) is 0. The van der Waals surface area contributed by atoms with E-state index in [0.29, 0.717) is 0 Å². The highest BCUT2D eigenvalue weighted by Gasteiger charge is 2.48. The van der Waals surface area contributed by atoms with Crippen LogP contribution in [0.15, 0.2) is 53.4 Å². The monoisotopic (exact) mass is 392 g/mol. The predicted molar refractivity (Wildman–Crippen MR) is 98.7 cm³/mol. The Morgan fingerprint density at radius 2 is 1.26 bits per heavy atom. The van der Waals surface area contributed by atoms with Gasteiger partial charge in [0.25, 0.3) is 0 Å². The van der Waals surface area contributed by atoms with Crippen LogP contribution in [0.25, 0.3) is 11.1 Å². The van der Waals surface area contributed by atoms with E-state index in [1.54, 1.807) is 36.4 Å². The lowest BCUT2D eigenvalue weighted by Crippen LogP contribution is -2.04. The number of sulfone groups is 1. The van der Waals surface area contributed by atoms with E-state index in [0.717, 1.165) is 60.1 Å². The number of halogens is 3. The second-order valence-electron chi connectivity index (χ2n) is 7.68. The number of hydrogen-bond acceptors (Lipinski definition) is 2. The molecule has 1 fully saturated rings. The first-order valence-corrected chi connectivity index (χ1v) is 10.7. The molecule has 0 bridgehead atoms. The summed E-state index contributed by atoms with van der Waals surface area (Å²) in [5.41, 5.74) is 3.55. The van der Waals surface area contributed by atoms with Gasteiger partial charge in [0.1, 0.15) is 0 Å². The Balaban J connectivity index is 1.74. The summed E-state index contributed by atoms with van der Waals surface area (Å²) < 4.78 is 61.9. The van der Waals surface area contributed by atoms with Crippen LogP contribution in [0, 0.1) is 5.41 Å². The van der Waals surface area contributed by atoms with Crippen molar-refractivity contribution in [1.29, 1.82) is 0 Å². The Bertz CT molecular complexity index is 1010. The third-order valence-corrected chi connectivity index (χ3v) is 6.75. The predicted octanol–water partition coefficient (Wildman–Crippen LogP) is 5.59. The van der Waals surface area contributed by atoms with Crippen molar-refractivity contribution in [3.63, 3.8) is 0 Å². The summed E-state index contributed by atoms with van der Waals surface area (Å²) in [6.07, 6.45) is 0.835. The maximum Gasteiger partial charge on any atom is 0.416 e. The molecule has 0 N–H and O–H groups in total. The lowest BCUT2D eigenvalue weighted by atomic mass is 9.96. The second kappa shape index (κ2) is 5.96. The van der Waals surface area contributed by atoms with E-state index >= 15 is 0 Å². The fraction of sp³-hybridized carbons (Fsp3) is 0.333. The van der Waals surface area contributed by atoms with Crippen LogP contribution in [0.3, 0.4) is 0 Å². The van der Waals surface area contributed by atoms with Crippen LogP contribution < -0.4 is 0 Å². The van der Waals surface area contributed by atoms with Crippen molar-refractivity contribution < 1.29 is 21.6 Å². The molecule has 0 aromatic heterocycles. The van der Waals surface area contributed by atoms with Gasteiger partial charge in [-0.3, -0.25) is 0 Å². The number of hydrogen-bond donors (Lipinski definition) is 0. The molecular weight excluding hydrogens is 373 g/mol. The van der Waals surface area contributed by atoms with E-state index in [-0.39, 0.29) is 10.3 Å². The average molecular weight is 392 g/mol. The molecule has 1 saturated carbocycles. The Kier molecular flexibility index (Phi) is 4.04. The van der Waals surface area contributed by atoms with Crippen LogP contribution in [0.1, 0.15) is 42.4 Å². The van der Waals surface area contributed by atoms with Crippen LogP contribution in [0.2, 0.25) is 0 Å². The number of rotatable bonds is 3. The van der Waals surface area contributed by atoms with Gasteiger partial charge in [-0.2, -0.15) is 13.2 Å². The quantitative estimate of drug-likeness (QED) is 0.682. The first kappa shape index (κ1) is 18.3. The van der Waals surface area contributed by atoms with Gasteiger partial charge in [-0.25, -0.2) is 8.42 Å². The molecular formula is C21H19F3O2S. The van der Waals surface area contributed by atoms with Crippen molar-refractivity contribution in [2.75, 3.05) is 6.26 Å². The molecule has 0 heterocycles. The molecule has 2 aromatic rings. The molecule has 2 aliphatic rings. The molecule has 0 saturated heterocycles. The largest absolute Gasteiger partial charge is 0.416 e. The average Bonchev–Trinajstić information content (AvgIpc) is 3.24. The Morgan fingerprint density at radius 3 is 1.63 bits per heavy atom. The highest BCUT2D eigenvalue weighted by atomic mass is 32.2. The summed E-state index contributed by atoms with van der Waals surface area (Å²) in [6.45, 7) is 0. The molecule has 2 nitrogen and oxygen atoms in total.